The van der Waals surface area contributed by atoms with Gasteiger partial charge in [0.25, 0.3) is 0 Å². The van der Waals surface area contributed by atoms with Gasteiger partial charge in [0.1, 0.15) is 11.0 Å². The number of hydrogen-bond donors (Lipinski definition) is 0. The Morgan fingerprint density at radius 2 is 2.00 bits per heavy atom. The molecule has 0 saturated heterocycles. The van der Waals surface area contributed by atoms with Gasteiger partial charge < -0.3 is 0 Å². The number of rotatable bonds is 2. The second kappa shape index (κ2) is 5.13. The molecule has 2 aromatic rings. The van der Waals surface area contributed by atoms with Crippen molar-refractivity contribution in [2.45, 2.75) is 19.5 Å². The summed E-state index contributed by atoms with van der Waals surface area (Å²) in [6, 6.07) is 2.21. The normalized spacial score (nSPS) is 11.6. The summed E-state index contributed by atoms with van der Waals surface area (Å²) in [4.78, 5) is 11.7. The summed E-state index contributed by atoms with van der Waals surface area (Å²) in [5.41, 5.74) is -0.773. The van der Waals surface area contributed by atoms with Crippen LogP contribution in [0.5, 0.6) is 0 Å². The van der Waals surface area contributed by atoms with Crippen molar-refractivity contribution in [3.63, 3.8) is 0 Å². The van der Waals surface area contributed by atoms with E-state index in [0.29, 0.717) is 12.2 Å². The van der Waals surface area contributed by atoms with Crippen LogP contribution in [0.25, 0.3) is 11.3 Å². The molecule has 0 radical (unpaired) electrons. The highest BCUT2D eigenvalue weighted by Crippen LogP contribution is 2.36. The largest absolute Gasteiger partial charge is 0.417 e. The van der Waals surface area contributed by atoms with E-state index < -0.39 is 11.7 Å². The summed E-state index contributed by atoms with van der Waals surface area (Å²) in [7, 11) is 0. The fraction of sp³-hybridized carbons (Fsp3) is 0.250. The van der Waals surface area contributed by atoms with Crippen LogP contribution in [-0.4, -0.2) is 15.0 Å². The minimum Gasteiger partial charge on any atom is -0.264 e. The summed E-state index contributed by atoms with van der Waals surface area (Å²) >= 11 is 5.79. The van der Waals surface area contributed by atoms with Gasteiger partial charge in [-0.1, -0.05) is 18.5 Å². The highest BCUT2D eigenvalue weighted by molar-refractivity contribution is 6.29. The van der Waals surface area contributed by atoms with Gasteiger partial charge in [0, 0.05) is 30.4 Å². The molecule has 0 atom stereocenters. The second-order valence-corrected chi connectivity index (χ2v) is 4.15. The van der Waals surface area contributed by atoms with Gasteiger partial charge in [-0.3, -0.25) is 4.98 Å². The second-order valence-electron chi connectivity index (χ2n) is 3.76. The minimum absolute atomic E-state index is 0.103. The molecule has 100 valence electrons. The van der Waals surface area contributed by atoms with Gasteiger partial charge in [-0.05, 0) is 6.07 Å². The molecule has 7 heteroatoms. The van der Waals surface area contributed by atoms with E-state index in [4.69, 9.17) is 11.6 Å². The van der Waals surface area contributed by atoms with E-state index in [1.165, 1.54) is 6.07 Å². The quantitative estimate of drug-likeness (QED) is 0.789. The maximum absolute atomic E-state index is 12.9. The van der Waals surface area contributed by atoms with Crippen LogP contribution in [0.2, 0.25) is 5.15 Å². The molecule has 0 spiro atoms. The lowest BCUT2D eigenvalue weighted by Gasteiger charge is -2.12. The van der Waals surface area contributed by atoms with Gasteiger partial charge in [-0.25, -0.2) is 9.97 Å². The average Bonchev–Trinajstić information content (AvgIpc) is 2.37. The van der Waals surface area contributed by atoms with Gasteiger partial charge in [-0.15, -0.1) is 0 Å². The average molecular weight is 288 g/mol. The fourth-order valence-electron chi connectivity index (χ4n) is 1.61. The monoisotopic (exact) mass is 287 g/mol. The van der Waals surface area contributed by atoms with Crippen molar-refractivity contribution < 1.29 is 13.2 Å². The van der Waals surface area contributed by atoms with Gasteiger partial charge >= 0.3 is 6.18 Å². The molecule has 2 rings (SSSR count). The van der Waals surface area contributed by atoms with Crippen LogP contribution in [-0.2, 0) is 12.6 Å². The number of nitrogens with zero attached hydrogens (tertiary/aromatic N) is 3. The molecular weight excluding hydrogens is 279 g/mol. The number of hydrogen-bond acceptors (Lipinski definition) is 3. The van der Waals surface area contributed by atoms with Crippen molar-refractivity contribution in [1.29, 1.82) is 0 Å². The van der Waals surface area contributed by atoms with Gasteiger partial charge in [0.2, 0.25) is 0 Å². The third-order valence-electron chi connectivity index (χ3n) is 2.46. The predicted molar refractivity (Wildman–Crippen MR) is 64.7 cm³/mol. The van der Waals surface area contributed by atoms with E-state index >= 15 is 0 Å². The fourth-order valence-corrected chi connectivity index (χ4v) is 1.81. The van der Waals surface area contributed by atoms with Gasteiger partial charge in [-0.2, -0.15) is 13.2 Å². The maximum atomic E-state index is 12.9. The van der Waals surface area contributed by atoms with Crippen molar-refractivity contribution >= 4 is 11.6 Å². The number of pyridine rings is 1. The van der Waals surface area contributed by atoms with Crippen LogP contribution in [0.4, 0.5) is 13.2 Å². The van der Waals surface area contributed by atoms with Crippen LogP contribution in [0.15, 0.2) is 24.5 Å². The first-order chi connectivity index (χ1) is 8.91. The van der Waals surface area contributed by atoms with Crippen LogP contribution in [0.1, 0.15) is 18.3 Å². The van der Waals surface area contributed by atoms with E-state index in [-0.39, 0.29) is 16.4 Å². The number of aromatic nitrogens is 3. The Balaban J connectivity index is 2.62. The first kappa shape index (κ1) is 13.7. The lowest BCUT2D eigenvalue weighted by molar-refractivity contribution is -0.137. The molecule has 0 aliphatic heterocycles. The third kappa shape index (κ3) is 3.01. The summed E-state index contributed by atoms with van der Waals surface area (Å²) in [5, 5.41) is 0.110. The Morgan fingerprint density at radius 1 is 1.26 bits per heavy atom. The lowest BCUT2D eigenvalue weighted by Crippen LogP contribution is -2.08. The standard InChI is InChI=1S/C12H9ClF3N3/c1-2-11-18-9(5-10(13)19-11)7-6-17-4-3-8(7)12(14,15)16/h3-6H,2H2,1H3. The van der Waals surface area contributed by atoms with E-state index in [0.717, 1.165) is 18.5 Å². The molecule has 0 saturated carbocycles. The molecule has 0 amide bonds. The topological polar surface area (TPSA) is 38.7 Å². The molecule has 0 aromatic carbocycles. The van der Waals surface area contributed by atoms with E-state index in [9.17, 15) is 13.2 Å². The zero-order valence-corrected chi connectivity index (χ0v) is 10.6. The van der Waals surface area contributed by atoms with Crippen LogP contribution < -0.4 is 0 Å². The summed E-state index contributed by atoms with van der Waals surface area (Å²) in [6.07, 6.45) is -1.77. The van der Waals surface area contributed by atoms with Crippen molar-refractivity contribution in [3.05, 3.63) is 41.1 Å². The smallest absolute Gasteiger partial charge is 0.264 e. The first-order valence-electron chi connectivity index (χ1n) is 5.47. The number of aryl methyl sites for hydroxylation is 1. The summed E-state index contributed by atoms with van der Waals surface area (Å²) in [5.74, 6) is 0.388. The molecular formula is C12H9ClF3N3. The van der Waals surface area contributed by atoms with Gasteiger partial charge in [0.15, 0.2) is 0 Å². The van der Waals surface area contributed by atoms with Crippen LogP contribution >= 0.6 is 11.6 Å². The SMILES string of the molecule is CCc1nc(Cl)cc(-c2cnccc2C(F)(F)F)n1. The Kier molecular flexibility index (Phi) is 3.71. The Bertz CT molecular complexity index is 599. The van der Waals surface area contributed by atoms with Crippen molar-refractivity contribution in [3.8, 4) is 11.3 Å². The highest BCUT2D eigenvalue weighted by Gasteiger charge is 2.34. The van der Waals surface area contributed by atoms with E-state index in [2.05, 4.69) is 15.0 Å². The number of halogens is 4. The molecule has 0 N–H and O–H groups in total. The zero-order chi connectivity index (χ0) is 14.0. The molecule has 2 aromatic heterocycles. The zero-order valence-electron chi connectivity index (χ0n) is 9.87. The third-order valence-corrected chi connectivity index (χ3v) is 2.65. The Morgan fingerprint density at radius 3 is 2.63 bits per heavy atom. The molecule has 0 aliphatic rings. The molecule has 2 heterocycles. The molecule has 19 heavy (non-hydrogen) atoms. The lowest BCUT2D eigenvalue weighted by atomic mass is 10.1. The van der Waals surface area contributed by atoms with Gasteiger partial charge in [0.05, 0.1) is 11.3 Å². The molecule has 0 bridgehead atoms. The Hall–Kier alpha value is -1.69. The molecule has 0 aliphatic carbocycles. The first-order valence-corrected chi connectivity index (χ1v) is 5.84. The number of alkyl halides is 3. The van der Waals surface area contributed by atoms with Crippen LogP contribution in [0, 0.1) is 0 Å². The van der Waals surface area contributed by atoms with Crippen LogP contribution in [0.3, 0.4) is 0 Å². The van der Waals surface area contributed by atoms with Crippen molar-refractivity contribution in [2.75, 3.05) is 0 Å². The highest BCUT2D eigenvalue weighted by atomic mass is 35.5. The molecule has 3 nitrogen and oxygen atoms in total. The Labute approximate surface area is 112 Å². The van der Waals surface area contributed by atoms with Crippen molar-refractivity contribution in [1.82, 2.24) is 15.0 Å². The van der Waals surface area contributed by atoms with E-state index in [1.54, 1.807) is 6.92 Å². The van der Waals surface area contributed by atoms with E-state index in [1.807, 2.05) is 0 Å². The predicted octanol–water partition coefficient (Wildman–Crippen LogP) is 3.77. The van der Waals surface area contributed by atoms with Crippen molar-refractivity contribution in [2.24, 2.45) is 0 Å². The molecule has 0 fully saturated rings. The summed E-state index contributed by atoms with van der Waals surface area (Å²) in [6.45, 7) is 1.79. The maximum Gasteiger partial charge on any atom is 0.417 e. The molecule has 0 unspecified atom stereocenters. The summed E-state index contributed by atoms with van der Waals surface area (Å²) < 4.78 is 38.7. The minimum atomic E-state index is -4.47.